The average Bonchev–Trinajstić information content (AvgIpc) is 2.19. The highest BCUT2D eigenvalue weighted by molar-refractivity contribution is 6.32. The fourth-order valence-corrected chi connectivity index (χ4v) is 1.48. The second-order valence-corrected chi connectivity index (χ2v) is 3.36. The molecule has 0 N–H and O–H groups in total. The Labute approximate surface area is 95.2 Å². The van der Waals surface area contributed by atoms with E-state index >= 15 is 0 Å². The maximum atomic E-state index is 12.6. The Morgan fingerprint density at radius 1 is 1.44 bits per heavy atom. The van der Waals surface area contributed by atoms with Crippen LogP contribution in [0, 0.1) is 11.3 Å². The molecule has 0 heterocycles. The summed E-state index contributed by atoms with van der Waals surface area (Å²) in [6.07, 6.45) is -4.76. The van der Waals surface area contributed by atoms with Crippen molar-refractivity contribution < 1.29 is 17.9 Å². The third-order valence-corrected chi connectivity index (χ3v) is 2.38. The summed E-state index contributed by atoms with van der Waals surface area (Å²) in [5.74, 6) is 0.0296. The predicted molar refractivity (Wildman–Crippen MR) is 52.3 cm³/mol. The van der Waals surface area contributed by atoms with Gasteiger partial charge in [-0.2, -0.15) is 18.4 Å². The SMILES string of the molecule is COc1cc(CC#N)c(Cl)c(C(F)(F)F)c1. The molecule has 1 aromatic carbocycles. The summed E-state index contributed by atoms with van der Waals surface area (Å²) >= 11 is 5.57. The summed E-state index contributed by atoms with van der Waals surface area (Å²) in [6, 6.07) is 3.88. The van der Waals surface area contributed by atoms with Crippen LogP contribution >= 0.6 is 11.6 Å². The normalized spacial score (nSPS) is 11.0. The molecule has 0 unspecified atom stereocenters. The van der Waals surface area contributed by atoms with Crippen LogP contribution in [0.15, 0.2) is 12.1 Å². The van der Waals surface area contributed by atoms with Crippen molar-refractivity contribution in [3.05, 3.63) is 28.3 Å². The lowest BCUT2D eigenvalue weighted by molar-refractivity contribution is -0.137. The number of methoxy groups -OCH3 is 1. The third kappa shape index (κ3) is 2.58. The zero-order valence-electron chi connectivity index (χ0n) is 8.23. The fourth-order valence-electron chi connectivity index (χ4n) is 1.19. The Balaban J connectivity index is 3.38. The van der Waals surface area contributed by atoms with E-state index in [1.807, 2.05) is 0 Å². The maximum absolute atomic E-state index is 12.6. The molecule has 1 rings (SSSR count). The van der Waals surface area contributed by atoms with Crippen LogP contribution in [-0.2, 0) is 12.6 Å². The van der Waals surface area contributed by atoms with Crippen molar-refractivity contribution in [2.75, 3.05) is 7.11 Å². The lowest BCUT2D eigenvalue weighted by Crippen LogP contribution is -2.08. The Hall–Kier alpha value is -1.41. The van der Waals surface area contributed by atoms with E-state index in [1.165, 1.54) is 13.2 Å². The van der Waals surface area contributed by atoms with Gasteiger partial charge in [-0.15, -0.1) is 0 Å². The first kappa shape index (κ1) is 12.7. The molecule has 16 heavy (non-hydrogen) atoms. The zero-order valence-corrected chi connectivity index (χ0v) is 8.99. The van der Waals surface area contributed by atoms with Gasteiger partial charge in [0.2, 0.25) is 0 Å². The molecule has 0 saturated heterocycles. The Kier molecular flexibility index (Phi) is 3.66. The fraction of sp³-hybridized carbons (Fsp3) is 0.300. The van der Waals surface area contributed by atoms with Gasteiger partial charge < -0.3 is 4.74 Å². The number of hydrogen-bond donors (Lipinski definition) is 0. The van der Waals surface area contributed by atoms with Crippen LogP contribution in [0.4, 0.5) is 13.2 Å². The predicted octanol–water partition coefficient (Wildman–Crippen LogP) is 3.43. The number of alkyl halides is 3. The number of hydrogen-bond acceptors (Lipinski definition) is 2. The van der Waals surface area contributed by atoms with Gasteiger partial charge in [-0.1, -0.05) is 11.6 Å². The zero-order chi connectivity index (χ0) is 12.3. The highest BCUT2D eigenvalue weighted by atomic mass is 35.5. The van der Waals surface area contributed by atoms with Crippen LogP contribution in [0.5, 0.6) is 5.75 Å². The second-order valence-electron chi connectivity index (χ2n) is 2.98. The van der Waals surface area contributed by atoms with Gasteiger partial charge in [0.15, 0.2) is 0 Å². The highest BCUT2D eigenvalue weighted by Crippen LogP contribution is 2.39. The van der Waals surface area contributed by atoms with Gasteiger partial charge in [-0.3, -0.25) is 0 Å². The van der Waals surface area contributed by atoms with Crippen molar-refractivity contribution in [2.45, 2.75) is 12.6 Å². The molecular weight excluding hydrogens is 243 g/mol. The van der Waals surface area contributed by atoms with Gasteiger partial charge in [0.25, 0.3) is 0 Å². The summed E-state index contributed by atoms with van der Waals surface area (Å²) in [7, 11) is 1.25. The molecule has 6 heteroatoms. The van der Waals surface area contributed by atoms with Crippen molar-refractivity contribution in [1.29, 1.82) is 5.26 Å². The minimum absolute atomic E-state index is 0.0296. The van der Waals surface area contributed by atoms with Crippen molar-refractivity contribution in [1.82, 2.24) is 0 Å². The number of ether oxygens (including phenoxy) is 1. The number of nitrogens with zero attached hydrogens (tertiary/aromatic N) is 1. The van der Waals surface area contributed by atoms with E-state index < -0.39 is 16.8 Å². The van der Waals surface area contributed by atoms with Crippen molar-refractivity contribution in [3.8, 4) is 11.8 Å². The standard InChI is InChI=1S/C10H7ClF3NO/c1-16-7-4-6(2-3-15)9(11)8(5-7)10(12,13)14/h4-5H,2H2,1H3. The number of nitriles is 1. The average molecular weight is 250 g/mol. The van der Waals surface area contributed by atoms with E-state index in [9.17, 15) is 13.2 Å². The van der Waals surface area contributed by atoms with Crippen LogP contribution < -0.4 is 4.74 Å². The van der Waals surface area contributed by atoms with Gasteiger partial charge in [0.05, 0.1) is 30.2 Å². The third-order valence-electron chi connectivity index (χ3n) is 1.93. The second kappa shape index (κ2) is 4.62. The van der Waals surface area contributed by atoms with Crippen molar-refractivity contribution in [3.63, 3.8) is 0 Å². The highest BCUT2D eigenvalue weighted by Gasteiger charge is 2.34. The molecule has 0 fully saturated rings. The quantitative estimate of drug-likeness (QED) is 0.804. The van der Waals surface area contributed by atoms with Crippen LogP contribution in [0.25, 0.3) is 0 Å². The van der Waals surface area contributed by atoms with Crippen LogP contribution in [0.1, 0.15) is 11.1 Å². The molecule has 86 valence electrons. The minimum atomic E-state index is -4.56. The number of halogens is 4. The molecule has 0 radical (unpaired) electrons. The van der Waals surface area contributed by atoms with E-state index in [0.717, 1.165) is 6.07 Å². The van der Waals surface area contributed by atoms with Crippen LogP contribution in [0.3, 0.4) is 0 Å². The van der Waals surface area contributed by atoms with E-state index in [0.29, 0.717) is 0 Å². The van der Waals surface area contributed by atoms with Crippen molar-refractivity contribution >= 4 is 11.6 Å². The summed E-state index contributed by atoms with van der Waals surface area (Å²) in [5, 5.41) is 8.02. The van der Waals surface area contributed by atoms with E-state index in [2.05, 4.69) is 0 Å². The summed E-state index contributed by atoms with van der Waals surface area (Å²) < 4.78 is 42.4. The van der Waals surface area contributed by atoms with Crippen LogP contribution in [-0.4, -0.2) is 7.11 Å². The number of benzene rings is 1. The lowest BCUT2D eigenvalue weighted by Gasteiger charge is -2.13. The summed E-state index contributed by atoms with van der Waals surface area (Å²) in [5.41, 5.74) is -0.880. The largest absolute Gasteiger partial charge is 0.497 e. The van der Waals surface area contributed by atoms with E-state index in [-0.39, 0.29) is 17.7 Å². The molecule has 1 aromatic rings. The van der Waals surface area contributed by atoms with Crippen LogP contribution in [0.2, 0.25) is 5.02 Å². The van der Waals surface area contributed by atoms with Gasteiger partial charge in [-0.25, -0.2) is 0 Å². The van der Waals surface area contributed by atoms with E-state index in [4.69, 9.17) is 21.6 Å². The molecule has 0 amide bonds. The minimum Gasteiger partial charge on any atom is -0.497 e. The summed E-state index contributed by atoms with van der Waals surface area (Å²) in [6.45, 7) is 0. The molecule has 2 nitrogen and oxygen atoms in total. The molecule has 0 spiro atoms. The molecule has 0 saturated carbocycles. The molecule has 0 aliphatic carbocycles. The first-order valence-corrected chi connectivity index (χ1v) is 4.58. The summed E-state index contributed by atoms with van der Waals surface area (Å²) in [4.78, 5) is 0. The Morgan fingerprint density at radius 3 is 2.50 bits per heavy atom. The van der Waals surface area contributed by atoms with E-state index in [1.54, 1.807) is 6.07 Å². The van der Waals surface area contributed by atoms with Gasteiger partial charge in [0, 0.05) is 0 Å². The van der Waals surface area contributed by atoms with Gasteiger partial charge in [0.1, 0.15) is 5.75 Å². The molecule has 0 bridgehead atoms. The van der Waals surface area contributed by atoms with Gasteiger partial charge >= 0.3 is 6.18 Å². The molecule has 0 aliphatic rings. The molecule has 0 atom stereocenters. The van der Waals surface area contributed by atoms with Gasteiger partial charge in [-0.05, 0) is 17.7 Å². The monoisotopic (exact) mass is 249 g/mol. The maximum Gasteiger partial charge on any atom is 0.417 e. The lowest BCUT2D eigenvalue weighted by atomic mass is 10.1. The molecule has 0 aliphatic heterocycles. The molecule has 0 aromatic heterocycles. The molecular formula is C10H7ClF3NO. The first-order valence-electron chi connectivity index (χ1n) is 4.20. The van der Waals surface area contributed by atoms with Crippen molar-refractivity contribution in [2.24, 2.45) is 0 Å². The topological polar surface area (TPSA) is 33.0 Å². The first-order chi connectivity index (χ1) is 7.40. The smallest absolute Gasteiger partial charge is 0.417 e. The Bertz CT molecular complexity index is 437. The Morgan fingerprint density at radius 2 is 2.06 bits per heavy atom. The number of rotatable bonds is 2.